The molecule has 5 saturated carbocycles. The molecule has 0 spiro atoms. The molecular formula is C106H120F5N21O15. The van der Waals surface area contributed by atoms with Crippen molar-refractivity contribution in [1.82, 2.24) is 49.4 Å². The molecule has 10 aliphatic heterocycles. The van der Waals surface area contributed by atoms with Crippen molar-refractivity contribution in [2.24, 2.45) is 113 Å². The van der Waals surface area contributed by atoms with Crippen molar-refractivity contribution in [2.45, 2.75) is 189 Å². The van der Waals surface area contributed by atoms with Crippen molar-refractivity contribution in [2.75, 3.05) is 81.5 Å². The smallest absolute Gasteiger partial charge is 0.238 e. The molecule has 36 nitrogen and oxygen atoms in total. The van der Waals surface area contributed by atoms with E-state index in [-0.39, 0.29) is 145 Å². The molecule has 147 heavy (non-hydrogen) atoms. The molecule has 13 heterocycles. The van der Waals surface area contributed by atoms with E-state index in [9.17, 15) is 28.4 Å². The first-order chi connectivity index (χ1) is 70.5. The summed E-state index contributed by atoms with van der Waals surface area (Å²) in [4.78, 5) is 119. The Kier molecular flexibility index (Phi) is 28.4. The molecule has 5 saturated heterocycles. The Morgan fingerprint density at radius 2 is 0.728 bits per heavy atom. The summed E-state index contributed by atoms with van der Waals surface area (Å²) in [7, 11) is 7.97. The molecular weight excluding hydrogens is 1900 g/mol. The Hall–Kier alpha value is -14.0. The number of aryl methyl sites for hydroxylation is 2. The lowest BCUT2D eigenvalue weighted by Crippen LogP contribution is -2.60. The molecule has 0 bridgehead atoms. The van der Waals surface area contributed by atoms with Crippen LogP contribution in [0.25, 0.3) is 4.85 Å². The van der Waals surface area contributed by atoms with Crippen LogP contribution in [0.4, 0.5) is 27.6 Å². The van der Waals surface area contributed by atoms with Gasteiger partial charge in [-0.3, -0.25) is 53.5 Å². The minimum Gasteiger partial charge on any atom is -0.493 e. The third-order valence-electron chi connectivity index (χ3n) is 30.7. The molecule has 5 aromatic carbocycles. The highest BCUT2D eigenvalue weighted by molar-refractivity contribution is 6.03. The van der Waals surface area contributed by atoms with Gasteiger partial charge in [-0.25, -0.2) is 66.7 Å². The summed E-state index contributed by atoms with van der Waals surface area (Å²) >= 11 is 0. The molecule has 10 fully saturated rings. The Morgan fingerprint density at radius 1 is 0.395 bits per heavy atom. The van der Waals surface area contributed by atoms with Crippen LogP contribution in [0.2, 0.25) is 0 Å². The van der Waals surface area contributed by atoms with E-state index in [1.54, 1.807) is 110 Å². The Balaban J connectivity index is 0.000000116. The molecule has 23 rings (SSSR count). The standard InChI is InChI=1S/2C22H24FN5O3.C22H22FN5O3.C21H26FN3O3.C19H24FN3O3/c1-12-9-25-10-19(26-12)31-14-5-6-17(23)15(7-14)22-11-30-18(13-3-4-13)8-16(22)20(29)28(2)21(24)27-22;1-12-25-8-7-19(26-12)31-14-5-6-17(23)15(9-14)22-11-30-18(13-3-4-13)10-16(22)20(29)28(2)21(24)27-22;1-4-14-10-17-20(29)28(3)21(24)27-22(17,12-30-14)16-11-15(5-6-18(16)23)31-19-9-13(25-2)7-8-26-19;1-25-19(26)16-9-18(13-4-5-13)28-11-21(16,24-20(25)23)15-8-14(6-7-17(15)22)27-10-12-2-3-12;1-11-7-15-17(24)23(2)18(21)22-19(15,10-26-11)14-8-13(5-6-16(14)20)25-9-12-3-4-12/h5-7,9-10,13,16,18H,3-4,8,11H2,1-2H3,(H2,24,27);5-9,13,16,18H,3-4,10-11H2,1-2H3,(H2,24,27);5-9,11,14,17H,4,10,12H2,1,3H3,(H2,24,27);6-8,12-13,16,18H,2-5,9-11H2,1H3,(H2,23,24);5-6,8,11-12,15H,3-4,7,9-10H2,1-2H3,(H2,21,22)/t2*16-,18+,22+;14-,17-,22+;16-,18+,21+;11-,15-,19+/m00000/s1. The van der Waals surface area contributed by atoms with Crippen LogP contribution < -0.4 is 52.4 Å². The van der Waals surface area contributed by atoms with Gasteiger partial charge in [0.05, 0.1) is 125 Å². The number of carbonyl (C=O) groups is 5. The molecule has 15 aliphatic rings. The largest absolute Gasteiger partial charge is 0.493 e. The Bertz CT molecular complexity index is 6460. The van der Waals surface area contributed by atoms with Crippen LogP contribution in [0.5, 0.6) is 46.4 Å². The second-order valence-corrected chi connectivity index (χ2v) is 40.9. The average molecular weight is 2020 g/mol. The van der Waals surface area contributed by atoms with Crippen molar-refractivity contribution >= 4 is 65.0 Å². The SMILES string of the molecule is CN1C(=O)[C@@H]2C[C@H](C3CC3)OC[C@]2(c2cc(OCC3CC3)ccc2F)N=C1N.C[C@H]1C[C@H]2C(=O)N(C)C(N)=N[C@@]2(c2cc(OCC3CC3)ccc2F)CO1.Cc1cncc(Oc2ccc(F)c([C@]34CO[C@@H](C5CC5)C[C@H]3C(=O)N(C)C(N)=N4)c2)n1.Cc1nccc(Oc2ccc(F)c([C@]34CO[C@@H](C5CC5)C[C@H]3C(=O)N(C)C(N)=N4)c2)n1.[C-]#[N+]c1ccnc(Oc2ccc(F)c([C@]34CO[C@@H](CC)C[C@H]3C(=O)N(C)C(N)=N4)c2)c1. The maximum atomic E-state index is 15.2. The van der Waals surface area contributed by atoms with Crippen LogP contribution in [-0.2, 0) is 75.4 Å². The zero-order chi connectivity index (χ0) is 104. The van der Waals surface area contributed by atoms with Crippen LogP contribution in [-0.4, -0.2) is 221 Å². The second-order valence-electron chi connectivity index (χ2n) is 40.9. The van der Waals surface area contributed by atoms with Crippen molar-refractivity contribution in [1.29, 1.82) is 0 Å². The van der Waals surface area contributed by atoms with Crippen LogP contribution in [0.1, 0.15) is 156 Å². The fourth-order valence-corrected chi connectivity index (χ4v) is 21.3. The first-order valence-corrected chi connectivity index (χ1v) is 49.9. The fourth-order valence-electron chi connectivity index (χ4n) is 21.3. The quantitative estimate of drug-likeness (QED) is 0.0329. The highest BCUT2D eigenvalue weighted by Gasteiger charge is 2.62. The van der Waals surface area contributed by atoms with Gasteiger partial charge in [-0.1, -0.05) is 6.92 Å². The topological polar surface area (TPSA) is 455 Å². The van der Waals surface area contributed by atoms with Crippen LogP contribution in [0, 0.1) is 109 Å². The van der Waals surface area contributed by atoms with E-state index in [0.717, 1.165) is 44.9 Å². The molecule has 8 aromatic rings. The molecule has 5 amide bonds. The van der Waals surface area contributed by atoms with Crippen molar-refractivity contribution in [3.8, 4) is 46.4 Å². The number of rotatable bonds is 21. The number of nitrogens with zero attached hydrogens (tertiary/aromatic N) is 16. The number of benzene rings is 5. The number of aromatic nitrogens is 5. The van der Waals surface area contributed by atoms with Gasteiger partial charge in [0.1, 0.15) is 91.4 Å². The summed E-state index contributed by atoms with van der Waals surface area (Å²) in [6, 6.07) is 27.0. The van der Waals surface area contributed by atoms with Gasteiger partial charge in [0.2, 0.25) is 47.2 Å². The minimum absolute atomic E-state index is 0.0111. The number of hydrogen-bond acceptors (Lipinski definition) is 30. The van der Waals surface area contributed by atoms with Crippen LogP contribution in [0.15, 0.2) is 159 Å². The summed E-state index contributed by atoms with van der Waals surface area (Å²) in [6.07, 6.45) is 20.4. The van der Waals surface area contributed by atoms with Crippen molar-refractivity contribution in [3.05, 3.63) is 214 Å². The van der Waals surface area contributed by atoms with Gasteiger partial charge in [0.15, 0.2) is 35.5 Å². The van der Waals surface area contributed by atoms with Gasteiger partial charge in [-0.15, -0.1) is 0 Å². The van der Waals surface area contributed by atoms with Gasteiger partial charge >= 0.3 is 0 Å². The summed E-state index contributed by atoms with van der Waals surface area (Å²) in [5.41, 5.74) is 26.5. The Morgan fingerprint density at radius 3 is 1.08 bits per heavy atom. The number of carbonyl (C=O) groups excluding carboxylic acids is 5. The van der Waals surface area contributed by atoms with E-state index in [0.29, 0.717) is 144 Å². The van der Waals surface area contributed by atoms with Crippen LogP contribution in [0.3, 0.4) is 0 Å². The lowest BCUT2D eigenvalue weighted by atomic mass is 9.72. The van der Waals surface area contributed by atoms with Gasteiger partial charge in [-0.2, -0.15) is 4.98 Å². The highest BCUT2D eigenvalue weighted by atomic mass is 19.1. The van der Waals surface area contributed by atoms with E-state index < -0.39 is 86.4 Å². The summed E-state index contributed by atoms with van der Waals surface area (Å²) in [6.45, 7) is 16.3. The van der Waals surface area contributed by atoms with E-state index in [1.165, 1.54) is 123 Å². The molecule has 15 atom stereocenters. The molecule has 5 aliphatic carbocycles. The number of ether oxygens (including phenoxy) is 10. The van der Waals surface area contributed by atoms with Gasteiger partial charge in [0.25, 0.3) is 0 Å². The molecule has 41 heteroatoms. The molecule has 774 valence electrons. The normalized spacial score (nSPS) is 29.0. The monoisotopic (exact) mass is 2020 g/mol. The van der Waals surface area contributed by atoms with Crippen molar-refractivity contribution < 1.29 is 93.3 Å². The molecule has 10 N–H and O–H groups in total. The maximum absolute atomic E-state index is 15.2. The molecule has 3 aromatic heterocycles. The maximum Gasteiger partial charge on any atom is 0.238 e. The zero-order valence-electron chi connectivity index (χ0n) is 83.2. The van der Waals surface area contributed by atoms with E-state index in [4.69, 9.17) is 82.6 Å². The fraction of sp³-hybridized carbons (Fsp3) is 0.491. The first-order valence-electron chi connectivity index (χ1n) is 49.9. The molecule has 0 radical (unpaired) electrons. The Labute approximate surface area is 846 Å². The summed E-state index contributed by atoms with van der Waals surface area (Å²) < 4.78 is 134. The third kappa shape index (κ3) is 20.6. The van der Waals surface area contributed by atoms with E-state index in [1.807, 2.05) is 13.8 Å². The average Bonchev–Trinajstić information content (AvgIpc) is 1.71. The predicted octanol–water partition coefficient (Wildman–Crippen LogP) is 12.8. The second kappa shape index (κ2) is 41.0. The number of guanidine groups is 5. The number of nitrogens with two attached hydrogens (primary N) is 5. The van der Waals surface area contributed by atoms with E-state index in [2.05, 4.69) is 54.7 Å². The predicted molar refractivity (Wildman–Crippen MR) is 526 cm³/mol. The van der Waals surface area contributed by atoms with Gasteiger partial charge < -0.3 is 76.0 Å². The zero-order valence-corrected chi connectivity index (χ0v) is 83.2. The van der Waals surface area contributed by atoms with Gasteiger partial charge in [0, 0.05) is 93.8 Å². The number of aliphatic imine (C=N–C) groups is 5. The lowest BCUT2D eigenvalue weighted by molar-refractivity contribution is -0.147. The number of amides is 5. The highest BCUT2D eigenvalue weighted by Crippen LogP contribution is 2.56. The number of pyridine rings is 1. The summed E-state index contributed by atoms with van der Waals surface area (Å²) in [5, 5.41) is 0. The first kappa shape index (κ1) is 102. The number of fused-ring (bicyclic) bond motifs is 5. The van der Waals surface area contributed by atoms with Gasteiger partial charge in [-0.05, 0) is 250 Å². The third-order valence-corrected chi connectivity index (χ3v) is 30.7. The molecule has 0 unspecified atom stereocenters. The lowest BCUT2D eigenvalue weighted by Gasteiger charge is -2.47. The number of halogens is 5. The minimum atomic E-state index is -1.28. The number of hydrogen-bond donors (Lipinski definition) is 5. The van der Waals surface area contributed by atoms with Crippen molar-refractivity contribution in [3.63, 3.8) is 0 Å². The van der Waals surface area contributed by atoms with E-state index >= 15 is 17.6 Å². The summed E-state index contributed by atoms with van der Waals surface area (Å²) in [5.74, 6) is 0.581. The van der Waals surface area contributed by atoms with Crippen LogP contribution >= 0.6 is 0 Å².